The van der Waals surface area contributed by atoms with E-state index in [0.29, 0.717) is 5.69 Å². The monoisotopic (exact) mass is 340 g/mol. The first-order valence-corrected chi connectivity index (χ1v) is 9.31. The molecule has 0 unspecified atom stereocenters. The van der Waals surface area contributed by atoms with E-state index < -0.39 is 10.0 Å². The van der Waals surface area contributed by atoms with Gasteiger partial charge in [-0.1, -0.05) is 0 Å². The molecule has 0 atom stereocenters. The number of nitrogens with zero attached hydrogens (tertiary/aromatic N) is 2. The van der Waals surface area contributed by atoms with E-state index in [2.05, 4.69) is 14.7 Å². The first-order chi connectivity index (χ1) is 11.4. The van der Waals surface area contributed by atoms with Crippen molar-refractivity contribution >= 4 is 37.6 Å². The van der Waals surface area contributed by atoms with Crippen LogP contribution in [0.3, 0.4) is 0 Å². The Morgan fingerprint density at radius 2 is 2.04 bits per heavy atom. The van der Waals surface area contributed by atoms with E-state index in [1.54, 1.807) is 12.3 Å². The Bertz CT molecular complexity index is 1140. The van der Waals surface area contributed by atoms with Crippen LogP contribution in [0.25, 0.3) is 33.2 Å². The molecule has 0 saturated carbocycles. The third-order valence-corrected chi connectivity index (χ3v) is 4.58. The number of benzene rings is 1. The van der Waals surface area contributed by atoms with Gasteiger partial charge in [-0.3, -0.25) is 4.72 Å². The SMILES string of the molecule is Cn1cc(-c2cc3cccnc3[nH]2)c2cc(NS(C)(=O)=O)ccc21. The highest BCUT2D eigenvalue weighted by molar-refractivity contribution is 7.92. The number of pyridine rings is 1. The smallest absolute Gasteiger partial charge is 0.229 e. The Labute approximate surface area is 139 Å². The van der Waals surface area contributed by atoms with Crippen molar-refractivity contribution in [2.24, 2.45) is 7.05 Å². The molecule has 6 nitrogen and oxygen atoms in total. The Hall–Kier alpha value is -2.80. The zero-order chi connectivity index (χ0) is 16.9. The molecule has 0 fully saturated rings. The summed E-state index contributed by atoms with van der Waals surface area (Å²) in [4.78, 5) is 7.65. The number of anilines is 1. The molecule has 0 amide bonds. The van der Waals surface area contributed by atoms with E-state index >= 15 is 0 Å². The van der Waals surface area contributed by atoms with Gasteiger partial charge >= 0.3 is 0 Å². The van der Waals surface area contributed by atoms with Crippen LogP contribution in [-0.4, -0.2) is 29.2 Å². The van der Waals surface area contributed by atoms with Gasteiger partial charge in [0.2, 0.25) is 10.0 Å². The number of fused-ring (bicyclic) bond motifs is 2. The number of aromatic amines is 1. The quantitative estimate of drug-likeness (QED) is 0.601. The molecule has 7 heteroatoms. The second kappa shape index (κ2) is 5.10. The average Bonchev–Trinajstić information content (AvgIpc) is 3.07. The fraction of sp³-hybridized carbons (Fsp3) is 0.118. The first-order valence-electron chi connectivity index (χ1n) is 7.42. The number of H-pyrrole nitrogens is 1. The van der Waals surface area contributed by atoms with Crippen LogP contribution in [0, 0.1) is 0 Å². The molecule has 4 rings (SSSR count). The molecule has 0 radical (unpaired) electrons. The van der Waals surface area contributed by atoms with E-state index in [9.17, 15) is 8.42 Å². The summed E-state index contributed by atoms with van der Waals surface area (Å²) in [5.41, 5.74) is 4.35. The van der Waals surface area contributed by atoms with Gasteiger partial charge in [-0.25, -0.2) is 13.4 Å². The van der Waals surface area contributed by atoms with Gasteiger partial charge in [-0.15, -0.1) is 0 Å². The fourth-order valence-corrected chi connectivity index (χ4v) is 3.54. The van der Waals surface area contributed by atoms with Crippen LogP contribution in [0.2, 0.25) is 0 Å². The third kappa shape index (κ3) is 2.52. The zero-order valence-corrected chi connectivity index (χ0v) is 14.1. The molecule has 0 aliphatic rings. The number of aryl methyl sites for hydroxylation is 1. The number of hydrogen-bond donors (Lipinski definition) is 2. The summed E-state index contributed by atoms with van der Waals surface area (Å²) in [6.45, 7) is 0. The Kier molecular flexibility index (Phi) is 3.14. The Balaban J connectivity index is 1.92. The zero-order valence-electron chi connectivity index (χ0n) is 13.2. The summed E-state index contributed by atoms with van der Waals surface area (Å²) in [5, 5.41) is 2.01. The lowest BCUT2D eigenvalue weighted by Crippen LogP contribution is -2.09. The molecular weight excluding hydrogens is 324 g/mol. The summed E-state index contributed by atoms with van der Waals surface area (Å²) in [7, 11) is -1.34. The molecule has 0 aliphatic heterocycles. The normalized spacial score (nSPS) is 12.1. The van der Waals surface area contributed by atoms with Crippen molar-refractivity contribution in [3.8, 4) is 11.3 Å². The van der Waals surface area contributed by atoms with Gasteiger partial charge in [0.1, 0.15) is 5.65 Å². The topological polar surface area (TPSA) is 79.8 Å². The van der Waals surface area contributed by atoms with E-state index in [1.807, 2.05) is 48.1 Å². The Morgan fingerprint density at radius 1 is 1.21 bits per heavy atom. The molecule has 0 bridgehead atoms. The van der Waals surface area contributed by atoms with Gasteiger partial charge in [0, 0.05) is 52.7 Å². The average molecular weight is 340 g/mol. The summed E-state index contributed by atoms with van der Waals surface area (Å²) >= 11 is 0. The molecule has 0 spiro atoms. The van der Waals surface area contributed by atoms with Crippen molar-refractivity contribution in [3.63, 3.8) is 0 Å². The van der Waals surface area contributed by atoms with Crippen LogP contribution in [0.5, 0.6) is 0 Å². The first kappa shape index (κ1) is 14.8. The van der Waals surface area contributed by atoms with Crippen LogP contribution < -0.4 is 4.72 Å². The van der Waals surface area contributed by atoms with Crippen molar-refractivity contribution in [2.75, 3.05) is 11.0 Å². The Morgan fingerprint density at radius 3 is 2.79 bits per heavy atom. The summed E-state index contributed by atoms with van der Waals surface area (Å²) in [6.07, 6.45) is 4.92. The van der Waals surface area contributed by atoms with Crippen LogP contribution >= 0.6 is 0 Å². The lowest BCUT2D eigenvalue weighted by molar-refractivity contribution is 0.607. The molecule has 3 heterocycles. The fourth-order valence-electron chi connectivity index (χ4n) is 2.99. The van der Waals surface area contributed by atoms with Gasteiger partial charge in [-0.2, -0.15) is 0 Å². The van der Waals surface area contributed by atoms with Gasteiger partial charge in [0.05, 0.1) is 6.26 Å². The van der Waals surface area contributed by atoms with Gasteiger partial charge < -0.3 is 9.55 Å². The van der Waals surface area contributed by atoms with Crippen molar-refractivity contribution < 1.29 is 8.42 Å². The molecule has 24 heavy (non-hydrogen) atoms. The van der Waals surface area contributed by atoms with Gasteiger partial charge in [-0.05, 0) is 36.4 Å². The second-order valence-corrected chi connectivity index (χ2v) is 7.63. The minimum absolute atomic E-state index is 0.548. The minimum atomic E-state index is -3.31. The molecule has 3 aromatic heterocycles. The molecular formula is C17H16N4O2S. The lowest BCUT2D eigenvalue weighted by atomic mass is 10.1. The van der Waals surface area contributed by atoms with Crippen molar-refractivity contribution in [1.29, 1.82) is 0 Å². The molecule has 122 valence electrons. The standard InChI is InChI=1S/C17H16N4O2S/c1-21-10-14(15-8-11-4-3-7-18-17(11)19-15)13-9-12(5-6-16(13)21)20-24(2,22)23/h3-10,20H,1-2H3,(H,18,19). The van der Waals surface area contributed by atoms with Crippen LogP contribution in [-0.2, 0) is 17.1 Å². The predicted molar refractivity (Wildman–Crippen MR) is 96.5 cm³/mol. The lowest BCUT2D eigenvalue weighted by Gasteiger charge is -2.05. The number of rotatable bonds is 3. The molecule has 1 aromatic carbocycles. The van der Waals surface area contributed by atoms with Crippen LogP contribution in [0.15, 0.2) is 48.8 Å². The van der Waals surface area contributed by atoms with E-state index in [1.165, 1.54) is 0 Å². The number of sulfonamides is 1. The van der Waals surface area contributed by atoms with Crippen LogP contribution in [0.1, 0.15) is 0 Å². The predicted octanol–water partition coefficient (Wildman–Crippen LogP) is 3.09. The molecule has 2 N–H and O–H groups in total. The summed E-state index contributed by atoms with van der Waals surface area (Å²) in [5.74, 6) is 0. The maximum atomic E-state index is 11.5. The van der Waals surface area contributed by atoms with E-state index in [4.69, 9.17) is 0 Å². The highest BCUT2D eigenvalue weighted by atomic mass is 32.2. The van der Waals surface area contributed by atoms with E-state index in [0.717, 1.165) is 39.4 Å². The number of aromatic nitrogens is 3. The minimum Gasteiger partial charge on any atom is -0.350 e. The maximum absolute atomic E-state index is 11.5. The third-order valence-electron chi connectivity index (χ3n) is 3.97. The van der Waals surface area contributed by atoms with Gasteiger partial charge in [0.25, 0.3) is 0 Å². The van der Waals surface area contributed by atoms with Gasteiger partial charge in [0.15, 0.2) is 0 Å². The van der Waals surface area contributed by atoms with Crippen molar-refractivity contribution in [1.82, 2.24) is 14.5 Å². The number of nitrogens with one attached hydrogen (secondary N) is 2. The van der Waals surface area contributed by atoms with E-state index in [-0.39, 0.29) is 0 Å². The molecule has 0 saturated heterocycles. The van der Waals surface area contributed by atoms with Crippen molar-refractivity contribution in [2.45, 2.75) is 0 Å². The second-order valence-electron chi connectivity index (χ2n) is 5.88. The highest BCUT2D eigenvalue weighted by Crippen LogP contribution is 2.33. The largest absolute Gasteiger partial charge is 0.350 e. The summed E-state index contributed by atoms with van der Waals surface area (Å²) in [6, 6.07) is 11.5. The highest BCUT2D eigenvalue weighted by Gasteiger charge is 2.13. The molecule has 4 aromatic rings. The molecule has 0 aliphatic carbocycles. The summed E-state index contributed by atoms with van der Waals surface area (Å²) < 4.78 is 27.5. The van der Waals surface area contributed by atoms with Crippen molar-refractivity contribution in [3.05, 3.63) is 48.8 Å². The number of hydrogen-bond acceptors (Lipinski definition) is 3. The van der Waals surface area contributed by atoms with Crippen LogP contribution in [0.4, 0.5) is 5.69 Å². The maximum Gasteiger partial charge on any atom is 0.229 e.